The summed E-state index contributed by atoms with van der Waals surface area (Å²) in [6.07, 6.45) is 8.71. The zero-order chi connectivity index (χ0) is 15.5. The van der Waals surface area contributed by atoms with Gasteiger partial charge in [-0.2, -0.15) is 4.68 Å². The first kappa shape index (κ1) is 14.2. The molecule has 0 bridgehead atoms. The second-order valence-corrected chi connectivity index (χ2v) is 6.28. The molecule has 3 heteroatoms. The minimum Gasteiger partial charge on any atom is -0.152 e. The highest BCUT2D eigenvalue weighted by molar-refractivity contribution is 5.56. The van der Waals surface area contributed by atoms with Gasteiger partial charge in [0.15, 0.2) is 6.20 Å². The third-order valence-corrected chi connectivity index (χ3v) is 4.68. The Morgan fingerprint density at radius 2 is 1.48 bits per heavy atom. The van der Waals surface area contributed by atoms with Gasteiger partial charge in [-0.1, -0.05) is 55.0 Å². The van der Waals surface area contributed by atoms with Crippen LogP contribution in [0.15, 0.2) is 66.9 Å². The lowest BCUT2D eigenvalue weighted by Crippen LogP contribution is -2.47. The molecule has 1 heterocycles. The highest BCUT2D eigenvalue weighted by Gasteiger charge is 2.27. The Hall–Kier alpha value is -2.42. The molecule has 23 heavy (non-hydrogen) atoms. The first-order valence-electron chi connectivity index (χ1n) is 8.54. The Morgan fingerprint density at radius 1 is 0.826 bits per heavy atom. The smallest absolute Gasteiger partial charge is 0.152 e. The predicted octanol–water partition coefficient (Wildman–Crippen LogP) is 4.33. The molecule has 0 saturated heterocycles. The zero-order valence-corrected chi connectivity index (χ0v) is 13.3. The number of hydrogen-bond donors (Lipinski definition) is 0. The van der Waals surface area contributed by atoms with Crippen LogP contribution >= 0.6 is 0 Å². The van der Waals surface area contributed by atoms with Gasteiger partial charge in [-0.05, 0) is 42.6 Å². The molecule has 2 aromatic carbocycles. The molecule has 0 atom stereocenters. The van der Waals surface area contributed by atoms with Crippen molar-refractivity contribution >= 4 is 0 Å². The van der Waals surface area contributed by atoms with Gasteiger partial charge in [0.1, 0.15) is 11.7 Å². The lowest BCUT2D eigenvalue weighted by molar-refractivity contribution is -0.795. The third-order valence-electron chi connectivity index (χ3n) is 4.68. The first-order chi connectivity index (χ1) is 11.4. The lowest BCUT2D eigenvalue weighted by Gasteiger charge is -2.19. The van der Waals surface area contributed by atoms with Crippen molar-refractivity contribution in [1.82, 2.24) is 9.90 Å². The number of hydrogen-bond acceptors (Lipinski definition) is 1. The van der Waals surface area contributed by atoms with Crippen LogP contribution in [0, 0.1) is 0 Å². The normalized spacial score (nSPS) is 15.7. The second-order valence-electron chi connectivity index (χ2n) is 6.28. The van der Waals surface area contributed by atoms with E-state index in [0.29, 0.717) is 6.04 Å². The van der Waals surface area contributed by atoms with Crippen LogP contribution in [0.3, 0.4) is 0 Å². The molecule has 0 unspecified atom stereocenters. The molecule has 1 aliphatic rings. The Bertz CT molecular complexity index is 756. The van der Waals surface area contributed by atoms with Gasteiger partial charge in [0.05, 0.1) is 5.10 Å². The molecular weight excluding hydrogens is 282 g/mol. The predicted molar refractivity (Wildman–Crippen MR) is 91.3 cm³/mol. The second kappa shape index (κ2) is 6.37. The standard InChI is InChI=1S/C20H22N3/c1-4-10-17(11-5-1)20-16-22(18-12-6-2-7-13-18)23(21-20)19-14-8-3-9-15-19/h1,3-5,8-11,14-16,18H,2,6-7,12-13H2/q+1. The fraction of sp³-hybridized carbons (Fsp3) is 0.300. The number of nitrogens with zero attached hydrogens (tertiary/aromatic N) is 3. The van der Waals surface area contributed by atoms with Crippen molar-refractivity contribution in [3.8, 4) is 16.9 Å². The number of rotatable bonds is 3. The van der Waals surface area contributed by atoms with Crippen molar-refractivity contribution in [3.63, 3.8) is 0 Å². The summed E-state index contributed by atoms with van der Waals surface area (Å²) in [6.45, 7) is 0. The fourth-order valence-corrected chi connectivity index (χ4v) is 3.46. The molecule has 1 aliphatic carbocycles. The number of aromatic nitrogens is 3. The molecule has 1 aromatic heterocycles. The highest BCUT2D eigenvalue weighted by Crippen LogP contribution is 2.25. The average molecular weight is 304 g/mol. The van der Waals surface area contributed by atoms with E-state index in [1.807, 2.05) is 6.07 Å². The molecule has 4 rings (SSSR count). The van der Waals surface area contributed by atoms with Crippen LogP contribution in [-0.4, -0.2) is 9.90 Å². The van der Waals surface area contributed by atoms with Gasteiger partial charge in [-0.25, -0.2) is 0 Å². The SMILES string of the molecule is c1ccc(-c2c[n+](C3CCCCC3)n(-c3ccccc3)n2)cc1. The van der Waals surface area contributed by atoms with Gasteiger partial charge in [-0.3, -0.25) is 0 Å². The largest absolute Gasteiger partial charge is 0.249 e. The highest BCUT2D eigenvalue weighted by atomic mass is 15.6. The van der Waals surface area contributed by atoms with E-state index in [4.69, 9.17) is 5.10 Å². The summed E-state index contributed by atoms with van der Waals surface area (Å²) < 4.78 is 2.34. The lowest BCUT2D eigenvalue weighted by atomic mass is 9.96. The Kier molecular flexibility index (Phi) is 3.93. The van der Waals surface area contributed by atoms with Crippen molar-refractivity contribution in [2.45, 2.75) is 38.1 Å². The van der Waals surface area contributed by atoms with Gasteiger partial charge >= 0.3 is 0 Å². The van der Waals surface area contributed by atoms with Crippen LogP contribution in [0.25, 0.3) is 16.9 Å². The summed E-state index contributed by atoms with van der Waals surface area (Å²) in [6, 6.07) is 21.4. The van der Waals surface area contributed by atoms with Crippen molar-refractivity contribution < 1.29 is 4.68 Å². The van der Waals surface area contributed by atoms with E-state index in [0.717, 1.165) is 11.4 Å². The van der Waals surface area contributed by atoms with Crippen LogP contribution in [0.5, 0.6) is 0 Å². The van der Waals surface area contributed by atoms with E-state index < -0.39 is 0 Å². The summed E-state index contributed by atoms with van der Waals surface area (Å²) in [5.74, 6) is 0. The van der Waals surface area contributed by atoms with Gasteiger partial charge < -0.3 is 0 Å². The topological polar surface area (TPSA) is 21.7 Å². The maximum absolute atomic E-state index is 4.91. The molecule has 0 N–H and O–H groups in total. The van der Waals surface area contributed by atoms with Crippen molar-refractivity contribution in [3.05, 3.63) is 66.9 Å². The Balaban J connectivity index is 1.80. The average Bonchev–Trinajstić information content (AvgIpc) is 3.09. The van der Waals surface area contributed by atoms with Gasteiger partial charge in [0, 0.05) is 5.56 Å². The van der Waals surface area contributed by atoms with E-state index in [1.165, 1.54) is 37.7 Å². The summed E-state index contributed by atoms with van der Waals surface area (Å²) in [4.78, 5) is 2.08. The Morgan fingerprint density at radius 3 is 2.17 bits per heavy atom. The van der Waals surface area contributed by atoms with E-state index in [1.54, 1.807) is 0 Å². The van der Waals surface area contributed by atoms with Gasteiger partial charge in [0.25, 0.3) is 0 Å². The quantitative estimate of drug-likeness (QED) is 0.660. The molecule has 3 nitrogen and oxygen atoms in total. The minimum atomic E-state index is 0.550. The number of para-hydroxylation sites is 1. The van der Waals surface area contributed by atoms with Gasteiger partial charge in [-0.15, -0.1) is 0 Å². The van der Waals surface area contributed by atoms with Crippen LogP contribution in [-0.2, 0) is 0 Å². The zero-order valence-electron chi connectivity index (χ0n) is 13.3. The molecule has 0 amide bonds. The summed E-state index contributed by atoms with van der Waals surface area (Å²) in [5, 5.41) is 4.91. The summed E-state index contributed by atoms with van der Waals surface area (Å²) in [5.41, 5.74) is 3.34. The molecular formula is C20H22N3+. The van der Waals surface area contributed by atoms with Crippen molar-refractivity contribution in [2.24, 2.45) is 0 Å². The maximum Gasteiger partial charge on any atom is 0.249 e. The van der Waals surface area contributed by atoms with E-state index in [2.05, 4.69) is 70.3 Å². The van der Waals surface area contributed by atoms with E-state index >= 15 is 0 Å². The van der Waals surface area contributed by atoms with E-state index in [-0.39, 0.29) is 0 Å². The first-order valence-corrected chi connectivity index (χ1v) is 8.54. The van der Waals surface area contributed by atoms with E-state index in [9.17, 15) is 0 Å². The molecule has 0 aliphatic heterocycles. The number of benzene rings is 2. The van der Waals surface area contributed by atoms with Crippen LogP contribution in [0.1, 0.15) is 38.1 Å². The van der Waals surface area contributed by atoms with Crippen LogP contribution in [0.4, 0.5) is 0 Å². The molecule has 0 radical (unpaired) electrons. The molecule has 1 saturated carbocycles. The van der Waals surface area contributed by atoms with Crippen LogP contribution in [0.2, 0.25) is 0 Å². The Labute approximate surface area is 137 Å². The van der Waals surface area contributed by atoms with Crippen molar-refractivity contribution in [1.29, 1.82) is 0 Å². The summed E-state index contributed by atoms with van der Waals surface area (Å²) >= 11 is 0. The molecule has 0 spiro atoms. The maximum atomic E-state index is 4.91. The minimum absolute atomic E-state index is 0.550. The molecule has 1 fully saturated rings. The van der Waals surface area contributed by atoms with Gasteiger partial charge in [0.2, 0.25) is 5.69 Å². The summed E-state index contributed by atoms with van der Waals surface area (Å²) in [7, 11) is 0. The van der Waals surface area contributed by atoms with Crippen LogP contribution < -0.4 is 4.68 Å². The molecule has 116 valence electrons. The monoisotopic (exact) mass is 304 g/mol. The third kappa shape index (κ3) is 2.91. The van der Waals surface area contributed by atoms with Crippen molar-refractivity contribution in [2.75, 3.05) is 0 Å². The molecule has 3 aromatic rings. The fourth-order valence-electron chi connectivity index (χ4n) is 3.46.